The maximum atomic E-state index is 13.2. The zero-order chi connectivity index (χ0) is 14.3. The van der Waals surface area contributed by atoms with Crippen molar-refractivity contribution < 1.29 is 4.39 Å². The zero-order valence-corrected chi connectivity index (χ0v) is 11.6. The van der Waals surface area contributed by atoms with Gasteiger partial charge in [0.25, 0.3) is 5.56 Å². The number of rotatable bonds is 1. The van der Waals surface area contributed by atoms with E-state index >= 15 is 0 Å². The second kappa shape index (κ2) is 4.85. The molecule has 6 heteroatoms. The summed E-state index contributed by atoms with van der Waals surface area (Å²) < 4.78 is 14.7. The first-order chi connectivity index (χ1) is 9.58. The van der Waals surface area contributed by atoms with Crippen LogP contribution in [0, 0.1) is 10.6 Å². The van der Waals surface area contributed by atoms with Gasteiger partial charge in [0.2, 0.25) is 0 Å². The summed E-state index contributed by atoms with van der Waals surface area (Å²) in [6, 6.07) is 10.8. The van der Waals surface area contributed by atoms with Crippen molar-refractivity contribution in [2.75, 3.05) is 0 Å². The molecule has 0 saturated carbocycles. The Morgan fingerprint density at radius 3 is 2.70 bits per heavy atom. The van der Waals surface area contributed by atoms with Gasteiger partial charge in [0, 0.05) is 0 Å². The van der Waals surface area contributed by atoms with E-state index in [1.807, 2.05) is 0 Å². The summed E-state index contributed by atoms with van der Waals surface area (Å²) in [4.78, 5) is 15.4. The maximum absolute atomic E-state index is 13.2. The number of nitrogens with zero attached hydrogens (tertiary/aromatic N) is 1. The van der Waals surface area contributed by atoms with Crippen LogP contribution in [0.15, 0.2) is 47.3 Å². The molecule has 20 heavy (non-hydrogen) atoms. The van der Waals surface area contributed by atoms with Crippen LogP contribution in [0.4, 0.5) is 4.39 Å². The largest absolute Gasteiger partial charge is 0.331 e. The van der Waals surface area contributed by atoms with Gasteiger partial charge in [0.1, 0.15) is 5.82 Å². The molecule has 0 spiro atoms. The highest BCUT2D eigenvalue weighted by Crippen LogP contribution is 2.19. The Bertz CT molecular complexity index is 932. The lowest BCUT2D eigenvalue weighted by atomic mass is 10.2. The zero-order valence-electron chi connectivity index (χ0n) is 10.1. The van der Waals surface area contributed by atoms with Crippen molar-refractivity contribution in [1.82, 2.24) is 9.55 Å². The highest BCUT2D eigenvalue weighted by atomic mass is 35.5. The van der Waals surface area contributed by atoms with Crippen LogP contribution in [0.25, 0.3) is 16.6 Å². The number of para-hydroxylation sites is 1. The lowest BCUT2D eigenvalue weighted by Crippen LogP contribution is -2.20. The second-order valence-corrected chi connectivity index (χ2v) is 5.01. The average molecular weight is 307 g/mol. The van der Waals surface area contributed by atoms with E-state index in [4.69, 9.17) is 23.8 Å². The van der Waals surface area contributed by atoms with E-state index in [1.54, 1.807) is 24.3 Å². The van der Waals surface area contributed by atoms with Crippen molar-refractivity contribution in [2.24, 2.45) is 0 Å². The molecule has 1 aromatic heterocycles. The van der Waals surface area contributed by atoms with Crippen molar-refractivity contribution in [3.05, 3.63) is 68.4 Å². The van der Waals surface area contributed by atoms with Gasteiger partial charge in [-0.15, -0.1) is 0 Å². The van der Waals surface area contributed by atoms with Crippen molar-refractivity contribution in [3.63, 3.8) is 0 Å². The van der Waals surface area contributed by atoms with Crippen molar-refractivity contribution in [3.8, 4) is 5.69 Å². The van der Waals surface area contributed by atoms with E-state index in [-0.39, 0.29) is 10.3 Å². The van der Waals surface area contributed by atoms with E-state index in [2.05, 4.69) is 4.98 Å². The Labute approximate surface area is 123 Å². The van der Waals surface area contributed by atoms with Crippen LogP contribution in [0.3, 0.4) is 0 Å². The Kier molecular flexibility index (Phi) is 3.16. The summed E-state index contributed by atoms with van der Waals surface area (Å²) in [7, 11) is 0. The van der Waals surface area contributed by atoms with Gasteiger partial charge in [0.05, 0.1) is 21.6 Å². The van der Waals surface area contributed by atoms with Gasteiger partial charge in [0.15, 0.2) is 4.77 Å². The monoisotopic (exact) mass is 306 g/mol. The predicted molar refractivity (Wildman–Crippen MR) is 79.7 cm³/mol. The molecule has 1 N–H and O–H groups in total. The van der Waals surface area contributed by atoms with Gasteiger partial charge in [-0.1, -0.05) is 23.7 Å². The lowest BCUT2D eigenvalue weighted by molar-refractivity contribution is 0.629. The van der Waals surface area contributed by atoms with Crippen LogP contribution in [-0.2, 0) is 0 Å². The van der Waals surface area contributed by atoms with Crippen LogP contribution in [0.5, 0.6) is 0 Å². The van der Waals surface area contributed by atoms with Crippen LogP contribution in [-0.4, -0.2) is 9.55 Å². The summed E-state index contributed by atoms with van der Waals surface area (Å²) in [6.07, 6.45) is 0. The van der Waals surface area contributed by atoms with E-state index in [0.717, 1.165) is 0 Å². The van der Waals surface area contributed by atoms with Crippen LogP contribution < -0.4 is 5.56 Å². The molecule has 1 heterocycles. The van der Waals surface area contributed by atoms with Crippen molar-refractivity contribution >= 4 is 34.7 Å². The number of benzene rings is 2. The molecule has 0 aliphatic heterocycles. The molecule has 0 saturated heterocycles. The number of H-pyrrole nitrogens is 1. The summed E-state index contributed by atoms with van der Waals surface area (Å²) in [5.41, 5.74) is 0.520. The molecule has 0 aliphatic carbocycles. The van der Waals surface area contributed by atoms with Crippen molar-refractivity contribution in [1.29, 1.82) is 0 Å². The minimum absolute atomic E-state index is 0.168. The Morgan fingerprint density at radius 2 is 1.95 bits per heavy atom. The van der Waals surface area contributed by atoms with Gasteiger partial charge >= 0.3 is 0 Å². The van der Waals surface area contributed by atoms with E-state index in [1.165, 1.54) is 22.8 Å². The first-order valence-electron chi connectivity index (χ1n) is 5.77. The quantitative estimate of drug-likeness (QED) is 0.694. The Hall–Kier alpha value is -1.98. The first kappa shape index (κ1) is 13.0. The molecular weight excluding hydrogens is 299 g/mol. The molecule has 3 aromatic rings. The summed E-state index contributed by atoms with van der Waals surface area (Å²) in [5.74, 6) is -0.432. The SMILES string of the molecule is O=c1c2ccc(F)cc2[nH]c(=S)n1-c1ccccc1Cl. The molecule has 0 unspecified atom stereocenters. The van der Waals surface area contributed by atoms with Gasteiger partial charge < -0.3 is 4.98 Å². The number of hydrogen-bond donors (Lipinski definition) is 1. The molecule has 100 valence electrons. The van der Waals surface area contributed by atoms with Crippen molar-refractivity contribution in [2.45, 2.75) is 0 Å². The molecule has 0 fully saturated rings. The first-order valence-corrected chi connectivity index (χ1v) is 6.56. The van der Waals surface area contributed by atoms with Gasteiger partial charge in [-0.05, 0) is 42.5 Å². The van der Waals surface area contributed by atoms with E-state index < -0.39 is 5.82 Å². The summed E-state index contributed by atoms with van der Waals surface area (Å²) in [5, 5.41) is 0.760. The normalized spacial score (nSPS) is 10.9. The molecule has 0 atom stereocenters. The molecular formula is C14H8ClFN2OS. The predicted octanol–water partition coefficient (Wildman–Crippen LogP) is 3.84. The number of fused-ring (bicyclic) bond motifs is 1. The van der Waals surface area contributed by atoms with E-state index in [9.17, 15) is 9.18 Å². The van der Waals surface area contributed by atoms with Gasteiger partial charge in [-0.25, -0.2) is 4.39 Å². The average Bonchev–Trinajstić information content (AvgIpc) is 2.40. The smallest absolute Gasteiger partial charge is 0.266 e. The Morgan fingerprint density at radius 1 is 1.20 bits per heavy atom. The third-order valence-corrected chi connectivity index (χ3v) is 3.56. The fourth-order valence-corrected chi connectivity index (χ4v) is 2.55. The van der Waals surface area contributed by atoms with Crippen LogP contribution >= 0.6 is 23.8 Å². The van der Waals surface area contributed by atoms with Crippen LogP contribution in [0.1, 0.15) is 0 Å². The third-order valence-electron chi connectivity index (χ3n) is 2.95. The van der Waals surface area contributed by atoms with Gasteiger partial charge in [-0.2, -0.15) is 0 Å². The number of hydrogen-bond acceptors (Lipinski definition) is 2. The Balaban J connectivity index is 2.44. The lowest BCUT2D eigenvalue weighted by Gasteiger charge is -2.09. The number of halogens is 2. The third kappa shape index (κ3) is 2.05. The maximum Gasteiger partial charge on any atom is 0.266 e. The second-order valence-electron chi connectivity index (χ2n) is 4.21. The minimum atomic E-state index is -0.432. The number of aromatic nitrogens is 2. The van der Waals surface area contributed by atoms with E-state index in [0.29, 0.717) is 21.6 Å². The van der Waals surface area contributed by atoms with Crippen LogP contribution in [0.2, 0.25) is 5.02 Å². The summed E-state index contributed by atoms with van der Waals surface area (Å²) >= 11 is 11.3. The number of aromatic amines is 1. The molecule has 0 radical (unpaired) electrons. The number of nitrogens with one attached hydrogen (secondary N) is 1. The molecule has 3 rings (SSSR count). The molecule has 0 amide bonds. The van der Waals surface area contributed by atoms with Gasteiger partial charge in [-0.3, -0.25) is 9.36 Å². The standard InChI is InChI=1S/C14H8ClFN2OS/c15-10-3-1-2-4-12(10)18-13(19)9-6-5-8(16)7-11(9)17-14(18)20/h1-7H,(H,17,20). The fourth-order valence-electron chi connectivity index (χ4n) is 2.04. The topological polar surface area (TPSA) is 37.8 Å². The molecule has 3 nitrogen and oxygen atoms in total. The molecule has 0 aliphatic rings. The minimum Gasteiger partial charge on any atom is -0.331 e. The highest BCUT2D eigenvalue weighted by Gasteiger charge is 2.10. The highest BCUT2D eigenvalue weighted by molar-refractivity contribution is 7.71. The molecule has 0 bridgehead atoms. The summed E-state index contributed by atoms with van der Waals surface area (Å²) in [6.45, 7) is 0. The fraction of sp³-hybridized carbons (Fsp3) is 0. The molecule has 2 aromatic carbocycles.